The normalized spacial score (nSPS) is 11.4. The van der Waals surface area contributed by atoms with Crippen molar-refractivity contribution in [1.82, 2.24) is 19.3 Å². The summed E-state index contributed by atoms with van der Waals surface area (Å²) in [6.07, 6.45) is 7.40. The Labute approximate surface area is 161 Å². The zero-order chi connectivity index (χ0) is 18.6. The molecule has 0 unspecified atom stereocenters. The number of hydrogen-bond acceptors (Lipinski definition) is 3. The van der Waals surface area contributed by atoms with Gasteiger partial charge in [0, 0.05) is 17.6 Å². The van der Waals surface area contributed by atoms with E-state index in [1.807, 2.05) is 66.9 Å². The van der Waals surface area contributed by atoms with Crippen molar-refractivity contribution in [3.63, 3.8) is 0 Å². The van der Waals surface area contributed by atoms with Crippen molar-refractivity contribution in [2.24, 2.45) is 0 Å². The highest BCUT2D eigenvalue weighted by molar-refractivity contribution is 6.17. The maximum absolute atomic E-state index is 13.1. The van der Waals surface area contributed by atoms with Crippen LogP contribution in [0.3, 0.4) is 0 Å². The second-order valence-electron chi connectivity index (χ2n) is 6.02. The van der Waals surface area contributed by atoms with Crippen molar-refractivity contribution in [3.8, 4) is 5.69 Å². The lowest BCUT2D eigenvalue weighted by molar-refractivity contribution is 0.664. The summed E-state index contributed by atoms with van der Waals surface area (Å²) in [7, 11) is 0. The van der Waals surface area contributed by atoms with Gasteiger partial charge in [-0.15, -0.1) is 11.6 Å². The van der Waals surface area contributed by atoms with E-state index in [0.29, 0.717) is 29.2 Å². The number of hydrogen-bond donors (Lipinski definition) is 0. The van der Waals surface area contributed by atoms with Crippen molar-refractivity contribution in [2.45, 2.75) is 6.54 Å². The maximum atomic E-state index is 13.1. The molecule has 0 amide bonds. The molecular weight excluding hydrogens is 360 g/mol. The summed E-state index contributed by atoms with van der Waals surface area (Å²) in [5.74, 6) is 1.07. The number of benzene rings is 2. The van der Waals surface area contributed by atoms with E-state index in [9.17, 15) is 4.79 Å². The van der Waals surface area contributed by atoms with E-state index < -0.39 is 0 Å². The maximum Gasteiger partial charge on any atom is 0.266 e. The van der Waals surface area contributed by atoms with Gasteiger partial charge in [-0.05, 0) is 36.4 Å². The van der Waals surface area contributed by atoms with Gasteiger partial charge in [-0.1, -0.05) is 30.3 Å². The number of nitrogens with zero attached hydrogens (tertiary/aromatic N) is 4. The molecular formula is C21H17ClN4O. The molecule has 4 aromatic rings. The fourth-order valence-corrected chi connectivity index (χ4v) is 3.11. The molecule has 0 atom stereocenters. The van der Waals surface area contributed by atoms with Crippen molar-refractivity contribution >= 4 is 34.7 Å². The SMILES string of the molecule is O=c1c2ccccc2nc(C=Cc2cnn(CCCl)c2)n1-c1ccccc1. The molecule has 0 bridgehead atoms. The zero-order valence-electron chi connectivity index (χ0n) is 14.5. The lowest BCUT2D eigenvalue weighted by atomic mass is 10.2. The Balaban J connectivity index is 1.85. The molecule has 134 valence electrons. The fourth-order valence-electron chi connectivity index (χ4n) is 2.93. The molecule has 0 spiro atoms. The smallest absolute Gasteiger partial charge is 0.266 e. The molecule has 0 radical (unpaired) electrons. The lowest BCUT2D eigenvalue weighted by Gasteiger charge is -2.11. The molecule has 0 aliphatic carbocycles. The second-order valence-corrected chi connectivity index (χ2v) is 6.40. The Hall–Kier alpha value is -3.18. The molecule has 0 aliphatic heterocycles. The van der Waals surface area contributed by atoms with Crippen LogP contribution in [0.1, 0.15) is 11.4 Å². The van der Waals surface area contributed by atoms with Gasteiger partial charge in [-0.25, -0.2) is 4.98 Å². The average Bonchev–Trinajstić information content (AvgIpc) is 3.15. The summed E-state index contributed by atoms with van der Waals surface area (Å²) >= 11 is 5.75. The molecule has 5 nitrogen and oxygen atoms in total. The average molecular weight is 377 g/mol. The second kappa shape index (κ2) is 7.60. The fraction of sp³-hybridized carbons (Fsp3) is 0.0952. The predicted molar refractivity (Wildman–Crippen MR) is 109 cm³/mol. The Kier molecular flexibility index (Phi) is 4.85. The van der Waals surface area contributed by atoms with Crippen LogP contribution < -0.4 is 5.56 Å². The first-order chi connectivity index (χ1) is 13.3. The minimum atomic E-state index is -0.0933. The first kappa shape index (κ1) is 17.2. The summed E-state index contributed by atoms with van der Waals surface area (Å²) in [6, 6.07) is 16.9. The minimum Gasteiger partial charge on any atom is -0.271 e. The van der Waals surface area contributed by atoms with Crippen LogP contribution in [-0.2, 0) is 6.54 Å². The number of fused-ring (bicyclic) bond motifs is 1. The van der Waals surface area contributed by atoms with E-state index in [0.717, 1.165) is 11.3 Å². The minimum absolute atomic E-state index is 0.0933. The Bertz CT molecular complexity index is 1160. The van der Waals surface area contributed by atoms with Gasteiger partial charge in [-0.3, -0.25) is 14.0 Å². The first-order valence-electron chi connectivity index (χ1n) is 8.60. The number of para-hydroxylation sites is 2. The van der Waals surface area contributed by atoms with Crippen LogP contribution >= 0.6 is 11.6 Å². The Morgan fingerprint density at radius 1 is 1.00 bits per heavy atom. The molecule has 2 heterocycles. The summed E-state index contributed by atoms with van der Waals surface area (Å²) in [6.45, 7) is 0.651. The number of halogens is 1. The molecule has 2 aromatic carbocycles. The monoisotopic (exact) mass is 376 g/mol. The Morgan fingerprint density at radius 3 is 2.59 bits per heavy atom. The van der Waals surface area contributed by atoms with E-state index in [1.165, 1.54) is 0 Å². The van der Waals surface area contributed by atoms with Gasteiger partial charge in [0.25, 0.3) is 5.56 Å². The highest BCUT2D eigenvalue weighted by atomic mass is 35.5. The van der Waals surface area contributed by atoms with Crippen LogP contribution in [0.25, 0.3) is 28.7 Å². The van der Waals surface area contributed by atoms with Crippen molar-refractivity contribution in [3.05, 3.63) is 88.7 Å². The molecule has 0 N–H and O–H groups in total. The lowest BCUT2D eigenvalue weighted by Crippen LogP contribution is -2.22. The van der Waals surface area contributed by atoms with Crippen LogP contribution in [0, 0.1) is 0 Å². The van der Waals surface area contributed by atoms with Gasteiger partial charge in [-0.2, -0.15) is 5.10 Å². The zero-order valence-corrected chi connectivity index (χ0v) is 15.3. The first-order valence-corrected chi connectivity index (χ1v) is 9.13. The van der Waals surface area contributed by atoms with Gasteiger partial charge < -0.3 is 0 Å². The van der Waals surface area contributed by atoms with Gasteiger partial charge in [0.15, 0.2) is 0 Å². The Morgan fingerprint density at radius 2 is 1.78 bits per heavy atom. The molecule has 0 saturated carbocycles. The molecule has 4 rings (SSSR count). The largest absolute Gasteiger partial charge is 0.271 e. The van der Waals surface area contributed by atoms with Crippen LogP contribution in [0.15, 0.2) is 71.8 Å². The van der Waals surface area contributed by atoms with Crippen LogP contribution in [0.2, 0.25) is 0 Å². The topological polar surface area (TPSA) is 52.7 Å². The summed E-state index contributed by atoms with van der Waals surface area (Å²) in [5, 5.41) is 4.85. The quantitative estimate of drug-likeness (QED) is 0.495. The van der Waals surface area contributed by atoms with E-state index in [-0.39, 0.29) is 5.56 Å². The third kappa shape index (κ3) is 3.55. The highest BCUT2D eigenvalue weighted by Gasteiger charge is 2.10. The van der Waals surface area contributed by atoms with Crippen LogP contribution in [0.4, 0.5) is 0 Å². The van der Waals surface area contributed by atoms with Crippen LogP contribution in [0.5, 0.6) is 0 Å². The standard InChI is InChI=1S/C21H17ClN4O/c22-12-13-25-15-16(14-23-25)10-11-20-24-19-9-5-4-8-18(19)21(27)26(20)17-6-2-1-3-7-17/h1-11,14-15H,12-13H2. The molecule has 6 heteroatoms. The molecule has 0 fully saturated rings. The van der Waals surface area contributed by atoms with Crippen molar-refractivity contribution in [1.29, 1.82) is 0 Å². The van der Waals surface area contributed by atoms with Gasteiger partial charge >= 0.3 is 0 Å². The molecule has 27 heavy (non-hydrogen) atoms. The number of rotatable bonds is 5. The van der Waals surface area contributed by atoms with Gasteiger partial charge in [0.05, 0.1) is 29.3 Å². The molecule has 0 aliphatic rings. The number of alkyl halides is 1. The van der Waals surface area contributed by atoms with Gasteiger partial charge in [0.2, 0.25) is 0 Å². The number of aryl methyl sites for hydroxylation is 1. The summed E-state index contributed by atoms with van der Waals surface area (Å²) in [5.41, 5.74) is 2.27. The third-order valence-electron chi connectivity index (χ3n) is 4.21. The van der Waals surface area contributed by atoms with E-state index >= 15 is 0 Å². The molecule has 2 aromatic heterocycles. The van der Waals surface area contributed by atoms with Crippen LogP contribution in [-0.4, -0.2) is 25.2 Å². The van der Waals surface area contributed by atoms with E-state index in [2.05, 4.69) is 5.10 Å². The van der Waals surface area contributed by atoms with Crippen molar-refractivity contribution in [2.75, 3.05) is 5.88 Å². The van der Waals surface area contributed by atoms with E-state index in [1.54, 1.807) is 21.5 Å². The summed E-state index contributed by atoms with van der Waals surface area (Å²) < 4.78 is 3.41. The number of aromatic nitrogens is 4. The summed E-state index contributed by atoms with van der Waals surface area (Å²) in [4.78, 5) is 17.8. The van der Waals surface area contributed by atoms with Gasteiger partial charge in [0.1, 0.15) is 5.82 Å². The molecule has 0 saturated heterocycles. The van der Waals surface area contributed by atoms with Crippen molar-refractivity contribution < 1.29 is 0 Å². The third-order valence-corrected chi connectivity index (χ3v) is 4.38. The highest BCUT2D eigenvalue weighted by Crippen LogP contribution is 2.15. The predicted octanol–water partition coefficient (Wildman–Crippen LogP) is 3.99. The van der Waals surface area contributed by atoms with E-state index in [4.69, 9.17) is 16.6 Å².